The lowest BCUT2D eigenvalue weighted by Crippen LogP contribution is -2.69. The molecule has 3 aliphatic heterocycles. The van der Waals surface area contributed by atoms with E-state index in [0.29, 0.717) is 5.92 Å². The maximum Gasteiger partial charge on any atom is 0.319 e. The molecule has 0 amide bonds. The maximum atomic E-state index is 6.36. The van der Waals surface area contributed by atoms with Crippen LogP contribution in [0.5, 0.6) is 0 Å². The fraction of sp³-hybridized carbons (Fsp3) is 0.565. The third kappa shape index (κ3) is 2.56. The zero-order chi connectivity index (χ0) is 20.1. The molecule has 3 heterocycles. The van der Waals surface area contributed by atoms with Crippen LogP contribution in [0.1, 0.15) is 44.9 Å². The average Bonchev–Trinajstić information content (AvgIpc) is 3.15. The van der Waals surface area contributed by atoms with E-state index in [2.05, 4.69) is 40.6 Å². The first-order valence-electron chi connectivity index (χ1n) is 11.0. The number of hydroxylamine groups is 3. The molecule has 0 aromatic heterocycles. The van der Waals surface area contributed by atoms with Crippen LogP contribution in [0, 0.1) is 5.92 Å². The summed E-state index contributed by atoms with van der Waals surface area (Å²) >= 11 is 0. The van der Waals surface area contributed by atoms with Gasteiger partial charge in [-0.25, -0.2) is 5.32 Å². The molecule has 1 saturated carbocycles. The number of nitrogens with one attached hydrogen (secondary N) is 3. The Morgan fingerprint density at radius 1 is 1.17 bits per heavy atom. The average molecular weight is 398 g/mol. The second-order valence-corrected chi connectivity index (χ2v) is 8.67. The lowest BCUT2D eigenvalue weighted by molar-refractivity contribution is -1.12. The normalized spacial score (nSPS) is 34.0. The van der Waals surface area contributed by atoms with Crippen molar-refractivity contribution in [3.8, 4) is 0 Å². The molecule has 5 aliphatic rings. The third-order valence-electron chi connectivity index (χ3n) is 7.40. The van der Waals surface area contributed by atoms with Crippen molar-refractivity contribution in [1.82, 2.24) is 16.2 Å². The van der Waals surface area contributed by atoms with Crippen molar-refractivity contribution in [2.24, 2.45) is 5.92 Å². The molecule has 29 heavy (non-hydrogen) atoms. The number of allylic oxidation sites excluding steroid dienone is 6. The van der Waals surface area contributed by atoms with Gasteiger partial charge in [0, 0.05) is 42.1 Å². The van der Waals surface area contributed by atoms with Crippen LogP contribution in [0.3, 0.4) is 0 Å². The summed E-state index contributed by atoms with van der Waals surface area (Å²) in [5.41, 5.74) is 14.7. The largest absolute Gasteiger partial charge is 0.319 e. The molecule has 0 spiro atoms. The number of hydrogen-bond acceptors (Lipinski definition) is 5. The van der Waals surface area contributed by atoms with E-state index >= 15 is 0 Å². The standard InChI is InChI=1S/C23H33N4O2/c1-24-23(28-2)13-17-11-7-8-12-19(17)22-20-18(15-27(22,23)29-3)14-25-26-21(20)16-9-5-4-6-10-16/h8,12-14,16,24-26H,4-7,9-11,15H2,1-3H3/q+1. The molecule has 2 fully saturated rings. The molecule has 3 N–H and O–H groups in total. The number of nitrogens with zero attached hydrogens (tertiary/aromatic N) is 1. The quantitative estimate of drug-likeness (QED) is 0.502. The smallest absolute Gasteiger partial charge is 0.311 e. The second kappa shape index (κ2) is 7.13. The highest BCUT2D eigenvalue weighted by Gasteiger charge is 2.64. The highest BCUT2D eigenvalue weighted by Crippen LogP contribution is 2.54. The van der Waals surface area contributed by atoms with E-state index in [-0.39, 0.29) is 4.65 Å². The number of ether oxygens (including phenoxy) is 1. The molecule has 6 heteroatoms. The van der Waals surface area contributed by atoms with Crippen LogP contribution in [0.15, 0.2) is 58.1 Å². The Morgan fingerprint density at radius 2 is 2.00 bits per heavy atom. The third-order valence-corrected chi connectivity index (χ3v) is 7.40. The van der Waals surface area contributed by atoms with Crippen LogP contribution in [-0.2, 0) is 9.57 Å². The summed E-state index contributed by atoms with van der Waals surface area (Å²) in [7, 11) is 5.54. The summed E-state index contributed by atoms with van der Waals surface area (Å²) in [5.74, 6) is -0.190. The Kier molecular flexibility index (Phi) is 4.70. The molecule has 0 aromatic rings. The second-order valence-electron chi connectivity index (χ2n) is 8.67. The summed E-state index contributed by atoms with van der Waals surface area (Å²) in [6.07, 6.45) is 17.5. The topological polar surface area (TPSA) is 54.5 Å². The van der Waals surface area contributed by atoms with Crippen molar-refractivity contribution < 1.29 is 14.2 Å². The predicted octanol–water partition coefficient (Wildman–Crippen LogP) is 3.27. The van der Waals surface area contributed by atoms with Crippen molar-refractivity contribution in [1.29, 1.82) is 0 Å². The lowest BCUT2D eigenvalue weighted by Gasteiger charge is -2.47. The summed E-state index contributed by atoms with van der Waals surface area (Å²) in [5, 5.41) is 3.47. The van der Waals surface area contributed by atoms with Crippen LogP contribution >= 0.6 is 0 Å². The van der Waals surface area contributed by atoms with E-state index in [1.54, 1.807) is 14.2 Å². The van der Waals surface area contributed by atoms with Gasteiger partial charge in [0.2, 0.25) is 0 Å². The van der Waals surface area contributed by atoms with Crippen LogP contribution in [0.2, 0.25) is 0 Å². The van der Waals surface area contributed by atoms with Gasteiger partial charge in [0.1, 0.15) is 6.54 Å². The van der Waals surface area contributed by atoms with Gasteiger partial charge in [-0.2, -0.15) is 4.84 Å². The number of methoxy groups -OCH3 is 1. The minimum Gasteiger partial charge on any atom is -0.311 e. The van der Waals surface area contributed by atoms with E-state index in [4.69, 9.17) is 9.57 Å². The van der Waals surface area contributed by atoms with Crippen molar-refractivity contribution in [3.63, 3.8) is 0 Å². The van der Waals surface area contributed by atoms with Gasteiger partial charge in [0.15, 0.2) is 5.70 Å². The van der Waals surface area contributed by atoms with Crippen LogP contribution in [0.25, 0.3) is 0 Å². The molecule has 2 atom stereocenters. The molecule has 0 aromatic carbocycles. The molecule has 2 aliphatic carbocycles. The first kappa shape index (κ1) is 19.1. The van der Waals surface area contributed by atoms with Gasteiger partial charge >= 0.3 is 5.85 Å². The molecule has 0 bridgehead atoms. The van der Waals surface area contributed by atoms with Gasteiger partial charge in [-0.05, 0) is 38.3 Å². The van der Waals surface area contributed by atoms with Crippen molar-refractivity contribution >= 4 is 0 Å². The molecule has 1 saturated heterocycles. The maximum absolute atomic E-state index is 6.36. The number of hydrazine groups is 1. The summed E-state index contributed by atoms with van der Waals surface area (Å²) < 4.78 is 6.46. The first-order chi connectivity index (χ1) is 14.2. The summed E-state index contributed by atoms with van der Waals surface area (Å²) in [6.45, 7) is 0.724. The van der Waals surface area contributed by atoms with Gasteiger partial charge in [-0.15, -0.1) is 0 Å². The lowest BCUT2D eigenvalue weighted by atomic mass is 9.81. The van der Waals surface area contributed by atoms with E-state index in [1.807, 2.05) is 7.05 Å². The highest BCUT2D eigenvalue weighted by molar-refractivity contribution is 5.61. The molecular weight excluding hydrogens is 364 g/mol. The molecule has 5 rings (SSSR count). The van der Waals surface area contributed by atoms with Crippen molar-refractivity contribution in [2.45, 2.75) is 50.8 Å². The van der Waals surface area contributed by atoms with Crippen LogP contribution in [0.4, 0.5) is 0 Å². The van der Waals surface area contributed by atoms with E-state index in [0.717, 1.165) is 19.4 Å². The Labute approximate surface area is 173 Å². The summed E-state index contributed by atoms with van der Waals surface area (Å²) in [4.78, 5) is 6.36. The van der Waals surface area contributed by atoms with Crippen LogP contribution in [-0.4, -0.2) is 38.3 Å². The van der Waals surface area contributed by atoms with Gasteiger partial charge in [0.25, 0.3) is 0 Å². The number of rotatable bonds is 4. The number of likely N-dealkylation sites (N-methyl/N-ethyl adjacent to an activating group) is 1. The SMILES string of the molecule is CNC1(OC)C=C2CCC=CC2=C2C3=C(C4CCCCC4)NNC=C3C[N+]21OC. The molecule has 6 nitrogen and oxygen atoms in total. The van der Waals surface area contributed by atoms with Gasteiger partial charge in [0.05, 0.1) is 12.7 Å². The Morgan fingerprint density at radius 3 is 2.72 bits per heavy atom. The van der Waals surface area contributed by atoms with E-state index in [1.165, 1.54) is 65.8 Å². The van der Waals surface area contributed by atoms with Gasteiger partial charge in [-0.3, -0.25) is 0 Å². The Bertz CT molecular complexity index is 856. The molecular formula is C23H33N4O2+. The number of quaternary nitrogens is 1. The molecule has 156 valence electrons. The molecule has 0 radical (unpaired) electrons. The van der Waals surface area contributed by atoms with Crippen LogP contribution < -0.4 is 16.2 Å². The van der Waals surface area contributed by atoms with Gasteiger partial charge in [-0.1, -0.05) is 36.1 Å². The van der Waals surface area contributed by atoms with Crippen molar-refractivity contribution in [2.75, 3.05) is 27.8 Å². The Hall–Kier alpha value is -1.86. The minimum atomic E-state index is -0.753. The number of hydrogen-bond donors (Lipinski definition) is 3. The zero-order valence-corrected chi connectivity index (χ0v) is 17.8. The monoisotopic (exact) mass is 397 g/mol. The van der Waals surface area contributed by atoms with E-state index in [9.17, 15) is 0 Å². The minimum absolute atomic E-state index is 0.282. The first-order valence-corrected chi connectivity index (χ1v) is 11.0. The van der Waals surface area contributed by atoms with E-state index < -0.39 is 5.85 Å². The Balaban J connectivity index is 1.78. The predicted molar refractivity (Wildman–Crippen MR) is 112 cm³/mol. The highest BCUT2D eigenvalue weighted by atomic mass is 16.8. The fourth-order valence-electron chi connectivity index (χ4n) is 5.98. The summed E-state index contributed by atoms with van der Waals surface area (Å²) in [6, 6.07) is 0. The molecule has 2 unspecified atom stereocenters. The zero-order valence-electron chi connectivity index (χ0n) is 17.8. The van der Waals surface area contributed by atoms with Crippen molar-refractivity contribution in [3.05, 3.63) is 58.1 Å². The fourth-order valence-corrected chi connectivity index (χ4v) is 5.98. The number of fused-ring (bicyclic) bond motifs is 4. The van der Waals surface area contributed by atoms with Gasteiger partial charge < -0.3 is 15.6 Å².